The molecule has 0 radical (unpaired) electrons. The first-order valence-electron chi connectivity index (χ1n) is 16.8. The van der Waals surface area contributed by atoms with Gasteiger partial charge in [0.05, 0.1) is 29.3 Å². The van der Waals surface area contributed by atoms with Gasteiger partial charge in [0.1, 0.15) is 29.7 Å². The fourth-order valence-corrected chi connectivity index (χ4v) is 8.01. The van der Waals surface area contributed by atoms with E-state index in [-0.39, 0.29) is 46.6 Å². The molecule has 4 aliphatic rings. The maximum Gasteiger partial charge on any atom is 0.410 e. The first kappa shape index (κ1) is 33.0. The van der Waals surface area contributed by atoms with Gasteiger partial charge in [-0.05, 0) is 78.6 Å². The molecule has 1 aromatic heterocycles. The molecule has 48 heavy (non-hydrogen) atoms. The number of fused-ring (bicyclic) bond motifs is 2. The first-order chi connectivity index (χ1) is 22.8. The van der Waals surface area contributed by atoms with Crippen molar-refractivity contribution in [3.63, 3.8) is 0 Å². The molecule has 1 amide bonds. The summed E-state index contributed by atoms with van der Waals surface area (Å²) >= 11 is 6.92. The molecule has 10 nitrogen and oxygen atoms in total. The summed E-state index contributed by atoms with van der Waals surface area (Å²) in [7, 11) is 0. The Labute approximate surface area is 283 Å². The molecule has 3 saturated heterocycles. The molecule has 0 aliphatic carbocycles. The van der Waals surface area contributed by atoms with Crippen molar-refractivity contribution in [1.82, 2.24) is 19.4 Å². The number of nitrogens with zero attached hydrogens (tertiary/aromatic N) is 5. The van der Waals surface area contributed by atoms with Crippen molar-refractivity contribution >= 4 is 34.4 Å². The number of aromatic nitrogens is 2. The quantitative estimate of drug-likeness (QED) is 0.312. The summed E-state index contributed by atoms with van der Waals surface area (Å²) < 4.78 is 48.7. The van der Waals surface area contributed by atoms with Crippen LogP contribution in [0.4, 0.5) is 19.4 Å². The van der Waals surface area contributed by atoms with Crippen molar-refractivity contribution in [2.45, 2.75) is 89.8 Å². The maximum atomic E-state index is 15.3. The Kier molecular flexibility index (Phi) is 8.56. The van der Waals surface area contributed by atoms with Crippen LogP contribution in [-0.2, 0) is 9.47 Å². The Balaban J connectivity index is 1.28. The van der Waals surface area contributed by atoms with E-state index >= 15 is 4.39 Å². The molecule has 7 rings (SSSR count). The number of halogens is 3. The number of hydrogen-bond acceptors (Lipinski definition) is 8. The van der Waals surface area contributed by atoms with Crippen molar-refractivity contribution in [1.29, 1.82) is 0 Å². The Morgan fingerprint density at radius 1 is 1.10 bits per heavy atom. The number of piperazine rings is 1. The highest BCUT2D eigenvalue weighted by Crippen LogP contribution is 2.48. The second-order valence-electron chi connectivity index (χ2n) is 14.6. The average molecular weight is 686 g/mol. The minimum absolute atomic E-state index is 0.0772. The van der Waals surface area contributed by atoms with Gasteiger partial charge in [0.25, 0.3) is 0 Å². The van der Waals surface area contributed by atoms with E-state index in [0.29, 0.717) is 48.4 Å². The third kappa shape index (κ3) is 6.00. The van der Waals surface area contributed by atoms with Crippen LogP contribution in [0.15, 0.2) is 29.1 Å². The second kappa shape index (κ2) is 12.4. The predicted octanol–water partition coefficient (Wildman–Crippen LogP) is 6.02. The number of anilines is 1. The molecule has 3 fully saturated rings. The lowest BCUT2D eigenvalue weighted by atomic mass is 9.98. The molecule has 3 aromatic rings. The predicted molar refractivity (Wildman–Crippen MR) is 179 cm³/mol. The summed E-state index contributed by atoms with van der Waals surface area (Å²) in [5.74, 6) is -0.813. The SMILES string of the molecule is C[C@H]1CN(c2nc(=O)n3c4c(c(-c5ccc(F)cc5F)c(Cl)cc24)OC[C@H]3CCCN2C[C@@H]3C[C@H]2CO3)[C@@H](C)CN1C(=O)OC(C)(C)C. The molecule has 5 heterocycles. The van der Waals surface area contributed by atoms with E-state index in [1.165, 1.54) is 12.1 Å². The Morgan fingerprint density at radius 3 is 2.58 bits per heavy atom. The fraction of sp³-hybridized carbons (Fsp3) is 0.571. The van der Waals surface area contributed by atoms with Crippen molar-refractivity contribution in [3.05, 3.63) is 51.4 Å². The topological polar surface area (TPSA) is 89.4 Å². The Hall–Kier alpha value is -3.48. The highest BCUT2D eigenvalue weighted by molar-refractivity contribution is 6.35. The lowest BCUT2D eigenvalue weighted by molar-refractivity contribution is 0.0130. The van der Waals surface area contributed by atoms with Crippen LogP contribution in [0, 0.1) is 11.6 Å². The third-order valence-electron chi connectivity index (χ3n) is 9.96. The maximum absolute atomic E-state index is 15.3. The van der Waals surface area contributed by atoms with Gasteiger partial charge in [-0.15, -0.1) is 0 Å². The van der Waals surface area contributed by atoms with Crippen LogP contribution in [-0.4, -0.2) is 94.7 Å². The number of morpholine rings is 1. The zero-order valence-electron chi connectivity index (χ0n) is 28.0. The Bertz CT molecular complexity index is 1810. The molecule has 0 unspecified atom stereocenters. The van der Waals surface area contributed by atoms with E-state index in [2.05, 4.69) is 9.88 Å². The largest absolute Gasteiger partial charge is 0.488 e. The van der Waals surface area contributed by atoms with Gasteiger partial charge in [-0.2, -0.15) is 4.98 Å². The minimum Gasteiger partial charge on any atom is -0.488 e. The molecular weight excluding hydrogens is 644 g/mol. The monoisotopic (exact) mass is 685 g/mol. The highest BCUT2D eigenvalue weighted by atomic mass is 35.5. The van der Waals surface area contributed by atoms with Gasteiger partial charge in [-0.1, -0.05) is 11.6 Å². The zero-order chi connectivity index (χ0) is 34.1. The summed E-state index contributed by atoms with van der Waals surface area (Å²) in [5.41, 5.74) is -0.264. The van der Waals surface area contributed by atoms with Crippen molar-refractivity contribution < 1.29 is 27.8 Å². The number of ether oxygens (including phenoxy) is 3. The second-order valence-corrected chi connectivity index (χ2v) is 15.0. The van der Waals surface area contributed by atoms with E-state index in [9.17, 15) is 14.0 Å². The van der Waals surface area contributed by atoms with Crippen molar-refractivity contribution in [3.8, 4) is 16.9 Å². The normalized spacial score (nSPS) is 25.5. The minimum atomic E-state index is -0.786. The van der Waals surface area contributed by atoms with Gasteiger partial charge in [-0.3, -0.25) is 9.47 Å². The van der Waals surface area contributed by atoms with Crippen molar-refractivity contribution in [2.24, 2.45) is 0 Å². The smallest absolute Gasteiger partial charge is 0.410 e. The molecule has 2 aromatic carbocycles. The summed E-state index contributed by atoms with van der Waals surface area (Å²) in [5, 5.41) is 0.776. The van der Waals surface area contributed by atoms with Crippen LogP contribution >= 0.6 is 11.6 Å². The molecule has 4 aliphatic heterocycles. The van der Waals surface area contributed by atoms with E-state index in [0.717, 1.165) is 38.6 Å². The fourth-order valence-electron chi connectivity index (χ4n) is 7.71. The highest BCUT2D eigenvalue weighted by Gasteiger charge is 2.40. The molecule has 258 valence electrons. The molecule has 2 bridgehead atoms. The van der Waals surface area contributed by atoms with Gasteiger partial charge >= 0.3 is 11.8 Å². The van der Waals surface area contributed by atoms with Crippen LogP contribution in [0.5, 0.6) is 5.75 Å². The summed E-state index contributed by atoms with van der Waals surface area (Å²) in [6, 6.07) is 4.68. The third-order valence-corrected chi connectivity index (χ3v) is 10.3. The van der Waals surface area contributed by atoms with Gasteiger partial charge in [0, 0.05) is 60.3 Å². The molecular formula is C35H42ClF2N5O5. The molecule has 0 saturated carbocycles. The number of carbonyl (C=O) groups excluding carboxylic acids is 1. The van der Waals surface area contributed by atoms with Gasteiger partial charge in [-0.25, -0.2) is 18.4 Å². The first-order valence-corrected chi connectivity index (χ1v) is 17.2. The zero-order valence-corrected chi connectivity index (χ0v) is 28.7. The number of rotatable bonds is 6. The number of likely N-dealkylation sites (tertiary alicyclic amines) is 1. The number of benzene rings is 2. The number of amides is 1. The molecule has 13 heteroatoms. The van der Waals surface area contributed by atoms with Gasteiger partial charge < -0.3 is 24.0 Å². The summed E-state index contributed by atoms with van der Waals surface area (Å²) in [6.07, 6.45) is 2.50. The van der Waals surface area contributed by atoms with Crippen LogP contribution in [0.1, 0.15) is 59.9 Å². The van der Waals surface area contributed by atoms with E-state index in [1.54, 1.807) is 15.5 Å². The van der Waals surface area contributed by atoms with Crippen LogP contribution in [0.2, 0.25) is 5.02 Å². The molecule has 0 N–H and O–H groups in total. The average Bonchev–Trinajstić information content (AvgIpc) is 3.64. The Morgan fingerprint density at radius 2 is 1.90 bits per heavy atom. The van der Waals surface area contributed by atoms with Crippen LogP contribution < -0.4 is 15.3 Å². The van der Waals surface area contributed by atoms with E-state index in [1.807, 2.05) is 39.5 Å². The van der Waals surface area contributed by atoms with Crippen LogP contribution in [0.25, 0.3) is 22.0 Å². The van der Waals surface area contributed by atoms with Gasteiger partial charge in [0.2, 0.25) is 0 Å². The molecule has 0 spiro atoms. The lowest BCUT2D eigenvalue weighted by Gasteiger charge is -2.45. The summed E-state index contributed by atoms with van der Waals surface area (Å²) in [4.78, 5) is 38.0. The lowest BCUT2D eigenvalue weighted by Crippen LogP contribution is -2.59. The molecule has 5 atom stereocenters. The van der Waals surface area contributed by atoms with E-state index < -0.39 is 29.0 Å². The number of carbonyl (C=O) groups is 1. The summed E-state index contributed by atoms with van der Waals surface area (Å²) in [6.45, 7) is 12.9. The standard InChI is InChI=1S/C35H42ClF2N5O5/c1-19-15-42(34(45)48-35(3,4)5)20(2)14-41(19)32-26-13-27(36)29(25-9-8-21(37)11-28(25)38)31-30(26)43(33(44)39-32)22(17-47-31)7-6-10-40-16-24-12-23(40)18-46-24/h8-9,11,13,19-20,22-24H,6-7,10,12,14-18H2,1-5H3/t19-,20-,22+,23-,24-/m0/s1. The van der Waals surface area contributed by atoms with Crippen molar-refractivity contribution in [2.75, 3.05) is 44.3 Å². The van der Waals surface area contributed by atoms with E-state index in [4.69, 9.17) is 25.8 Å². The van der Waals surface area contributed by atoms with Crippen LogP contribution in [0.3, 0.4) is 0 Å². The van der Waals surface area contributed by atoms with Gasteiger partial charge in [0.15, 0.2) is 5.75 Å². The number of hydrogen-bond donors (Lipinski definition) is 0.